The van der Waals surface area contributed by atoms with Crippen molar-refractivity contribution in [1.82, 2.24) is 15.1 Å². The van der Waals surface area contributed by atoms with Crippen LogP contribution in [0.4, 0.5) is 0 Å². The number of benzene rings is 1. The zero-order valence-corrected chi connectivity index (χ0v) is 16.3. The molecule has 1 aliphatic carbocycles. The Kier molecular flexibility index (Phi) is 5.40. The summed E-state index contributed by atoms with van der Waals surface area (Å²) in [6.45, 7) is 6.30. The Bertz CT molecular complexity index is 794. The van der Waals surface area contributed by atoms with Crippen LogP contribution in [0.5, 0.6) is 0 Å². The number of aromatic nitrogens is 2. The zero-order chi connectivity index (χ0) is 18.1. The van der Waals surface area contributed by atoms with E-state index in [1.807, 2.05) is 17.7 Å². The number of nitrogens with one attached hydrogen (secondary N) is 1. The summed E-state index contributed by atoms with van der Waals surface area (Å²) in [4.78, 5) is 12.8. The molecule has 1 aromatic carbocycles. The summed E-state index contributed by atoms with van der Waals surface area (Å²) in [5.74, 6) is 0.399. The molecule has 3 rings (SSSR count). The van der Waals surface area contributed by atoms with Gasteiger partial charge in [0, 0.05) is 6.04 Å². The molecule has 1 heterocycles. The van der Waals surface area contributed by atoms with Crippen molar-refractivity contribution in [2.75, 3.05) is 0 Å². The molecule has 1 saturated carbocycles. The lowest BCUT2D eigenvalue weighted by molar-refractivity contribution is 0.0949. The monoisotopic (exact) mass is 379 g/mol. The highest BCUT2D eigenvalue weighted by molar-refractivity contribution is 6.42. The Morgan fingerprint density at radius 3 is 2.60 bits per heavy atom. The van der Waals surface area contributed by atoms with Gasteiger partial charge in [-0.15, -0.1) is 0 Å². The fourth-order valence-corrected chi connectivity index (χ4v) is 3.23. The molecule has 0 bridgehead atoms. The van der Waals surface area contributed by atoms with Crippen LogP contribution in [-0.4, -0.2) is 21.7 Å². The van der Waals surface area contributed by atoms with E-state index in [2.05, 4.69) is 19.2 Å². The summed E-state index contributed by atoms with van der Waals surface area (Å²) in [5, 5.41) is 8.85. The third-order valence-electron chi connectivity index (χ3n) is 4.28. The Morgan fingerprint density at radius 1 is 1.32 bits per heavy atom. The molecule has 1 aromatic heterocycles. The minimum Gasteiger partial charge on any atom is -0.349 e. The molecule has 0 saturated heterocycles. The summed E-state index contributed by atoms with van der Waals surface area (Å²) in [6.07, 6.45) is 3.59. The predicted octanol–water partition coefficient (Wildman–Crippen LogP) is 4.83. The largest absolute Gasteiger partial charge is 0.349 e. The summed E-state index contributed by atoms with van der Waals surface area (Å²) in [7, 11) is 0. The minimum absolute atomic E-state index is 0.0127. The maximum absolute atomic E-state index is 12.8. The summed E-state index contributed by atoms with van der Waals surface area (Å²) >= 11 is 12.2. The molecule has 0 unspecified atom stereocenters. The summed E-state index contributed by atoms with van der Waals surface area (Å²) in [5.41, 5.74) is 3.29. The van der Waals surface area contributed by atoms with Crippen LogP contribution >= 0.6 is 23.2 Å². The highest BCUT2D eigenvalue weighted by Gasteiger charge is 2.29. The Morgan fingerprint density at radius 2 is 2.04 bits per heavy atom. The first-order valence-corrected chi connectivity index (χ1v) is 9.53. The maximum atomic E-state index is 12.8. The predicted molar refractivity (Wildman–Crippen MR) is 102 cm³/mol. The van der Waals surface area contributed by atoms with Crippen molar-refractivity contribution in [3.63, 3.8) is 0 Å². The van der Waals surface area contributed by atoms with Gasteiger partial charge in [0.2, 0.25) is 0 Å². The first-order chi connectivity index (χ1) is 11.9. The fourth-order valence-electron chi connectivity index (χ4n) is 2.94. The molecule has 25 heavy (non-hydrogen) atoms. The van der Waals surface area contributed by atoms with Crippen LogP contribution in [0.1, 0.15) is 55.4 Å². The van der Waals surface area contributed by atoms with Gasteiger partial charge in [-0.2, -0.15) is 5.10 Å². The van der Waals surface area contributed by atoms with Crippen LogP contribution in [0.15, 0.2) is 18.2 Å². The molecule has 2 aromatic rings. The van der Waals surface area contributed by atoms with Gasteiger partial charge in [-0.3, -0.25) is 4.79 Å². The number of carbonyl (C=O) groups is 1. The minimum atomic E-state index is -0.0127. The zero-order valence-electron chi connectivity index (χ0n) is 14.8. The van der Waals surface area contributed by atoms with Gasteiger partial charge >= 0.3 is 0 Å². The number of hydrogen-bond acceptors (Lipinski definition) is 2. The molecule has 6 heteroatoms. The number of hydrogen-bond donors (Lipinski definition) is 1. The van der Waals surface area contributed by atoms with Gasteiger partial charge in [0.25, 0.3) is 5.91 Å². The van der Waals surface area contributed by atoms with Crippen molar-refractivity contribution in [3.05, 3.63) is 45.2 Å². The standard InChI is InChI=1S/C19H23Cl2N3O/c1-4-17-18(19(25)22-12-5-6-12)16(9-11(2)3)23-24(17)13-7-8-14(20)15(21)10-13/h7-8,10-12H,4-6,9H2,1-3H3,(H,22,25). The second kappa shape index (κ2) is 7.38. The molecule has 4 nitrogen and oxygen atoms in total. The summed E-state index contributed by atoms with van der Waals surface area (Å²) in [6, 6.07) is 5.74. The first-order valence-electron chi connectivity index (χ1n) is 8.77. The van der Waals surface area contributed by atoms with Crippen LogP contribution in [0, 0.1) is 5.92 Å². The normalized spacial score (nSPS) is 14.2. The Labute approximate surface area is 158 Å². The van der Waals surface area contributed by atoms with Crippen molar-refractivity contribution >= 4 is 29.1 Å². The number of halogens is 2. The van der Waals surface area contributed by atoms with Crippen molar-refractivity contribution in [2.24, 2.45) is 5.92 Å². The highest BCUT2D eigenvalue weighted by atomic mass is 35.5. The molecular weight excluding hydrogens is 357 g/mol. The molecule has 1 aliphatic rings. The van der Waals surface area contributed by atoms with Gasteiger partial charge in [-0.1, -0.05) is 44.0 Å². The van der Waals surface area contributed by atoms with Crippen LogP contribution in [0.3, 0.4) is 0 Å². The van der Waals surface area contributed by atoms with Gasteiger partial charge in [-0.25, -0.2) is 4.68 Å². The SMILES string of the molecule is CCc1c(C(=O)NC2CC2)c(CC(C)C)nn1-c1ccc(Cl)c(Cl)c1. The third-order valence-corrected chi connectivity index (χ3v) is 5.02. The van der Waals surface area contributed by atoms with Gasteiger partial charge < -0.3 is 5.32 Å². The quantitative estimate of drug-likeness (QED) is 0.780. The molecular formula is C19H23Cl2N3O. The van der Waals surface area contributed by atoms with Crippen LogP contribution in [0.25, 0.3) is 5.69 Å². The first kappa shape index (κ1) is 18.3. The lowest BCUT2D eigenvalue weighted by Gasteiger charge is -2.09. The second-order valence-corrected chi connectivity index (χ2v) is 7.79. The van der Waals surface area contributed by atoms with Crippen LogP contribution < -0.4 is 5.32 Å². The lowest BCUT2D eigenvalue weighted by Crippen LogP contribution is -2.27. The Hall–Kier alpha value is -1.52. The molecule has 0 atom stereocenters. The molecule has 1 amide bonds. The highest BCUT2D eigenvalue weighted by Crippen LogP contribution is 2.28. The van der Waals surface area contributed by atoms with E-state index in [1.54, 1.807) is 12.1 Å². The molecule has 0 radical (unpaired) electrons. The van der Waals surface area contributed by atoms with E-state index in [0.29, 0.717) is 34.0 Å². The van der Waals surface area contributed by atoms with Crippen molar-refractivity contribution in [3.8, 4) is 5.69 Å². The van der Waals surface area contributed by atoms with Gasteiger partial charge in [0.15, 0.2) is 0 Å². The molecule has 0 spiro atoms. The maximum Gasteiger partial charge on any atom is 0.255 e. The van der Waals surface area contributed by atoms with Crippen molar-refractivity contribution < 1.29 is 4.79 Å². The van der Waals surface area contributed by atoms with E-state index in [1.165, 1.54) is 0 Å². The average Bonchev–Trinajstić information content (AvgIpc) is 3.28. The van der Waals surface area contributed by atoms with Crippen LogP contribution in [0.2, 0.25) is 10.0 Å². The Balaban J connectivity index is 2.09. The van der Waals surface area contributed by atoms with E-state index in [9.17, 15) is 4.79 Å². The van der Waals surface area contributed by atoms with E-state index in [4.69, 9.17) is 28.3 Å². The van der Waals surface area contributed by atoms with E-state index in [0.717, 1.165) is 36.3 Å². The van der Waals surface area contributed by atoms with E-state index < -0.39 is 0 Å². The number of carbonyl (C=O) groups excluding carboxylic acids is 1. The average molecular weight is 380 g/mol. The van der Waals surface area contributed by atoms with Gasteiger partial charge in [0.1, 0.15) is 0 Å². The summed E-state index contributed by atoms with van der Waals surface area (Å²) < 4.78 is 1.84. The second-order valence-electron chi connectivity index (χ2n) is 6.98. The molecule has 1 N–H and O–H groups in total. The van der Waals surface area contributed by atoms with Crippen LogP contribution in [-0.2, 0) is 12.8 Å². The van der Waals surface area contributed by atoms with Gasteiger partial charge in [-0.05, 0) is 49.8 Å². The molecule has 134 valence electrons. The number of amides is 1. The number of nitrogens with zero attached hydrogens (tertiary/aromatic N) is 2. The topological polar surface area (TPSA) is 46.9 Å². The lowest BCUT2D eigenvalue weighted by atomic mass is 10.0. The molecule has 1 fully saturated rings. The van der Waals surface area contributed by atoms with Crippen molar-refractivity contribution in [2.45, 2.75) is 52.5 Å². The third kappa shape index (κ3) is 4.01. The number of rotatable bonds is 6. The fraction of sp³-hybridized carbons (Fsp3) is 0.474. The van der Waals surface area contributed by atoms with Crippen molar-refractivity contribution in [1.29, 1.82) is 0 Å². The van der Waals surface area contributed by atoms with Gasteiger partial charge in [0.05, 0.1) is 32.7 Å². The molecule has 0 aliphatic heterocycles. The van der Waals surface area contributed by atoms with E-state index >= 15 is 0 Å². The van der Waals surface area contributed by atoms with E-state index in [-0.39, 0.29) is 5.91 Å². The smallest absolute Gasteiger partial charge is 0.255 e.